The van der Waals surface area contributed by atoms with Gasteiger partial charge in [-0.3, -0.25) is 4.99 Å². The van der Waals surface area contributed by atoms with Gasteiger partial charge in [-0.25, -0.2) is 4.39 Å². The topological polar surface area (TPSA) is 30.9 Å². The van der Waals surface area contributed by atoms with E-state index < -0.39 is 0 Å². The van der Waals surface area contributed by atoms with E-state index in [-0.39, 0.29) is 29.8 Å². The number of aliphatic imine (C=N–C) groups is 1. The molecule has 1 aromatic carbocycles. The van der Waals surface area contributed by atoms with Gasteiger partial charge in [0, 0.05) is 33.2 Å². The van der Waals surface area contributed by atoms with Crippen molar-refractivity contribution in [1.82, 2.24) is 15.1 Å². The highest BCUT2D eigenvalue weighted by molar-refractivity contribution is 14.0. The molecule has 24 heavy (non-hydrogen) atoms. The third kappa shape index (κ3) is 6.55. The number of guanidine groups is 1. The fourth-order valence-corrected chi connectivity index (χ4v) is 2.97. The predicted octanol–water partition coefficient (Wildman–Crippen LogP) is 3.18. The van der Waals surface area contributed by atoms with Crippen molar-refractivity contribution >= 4 is 29.9 Å². The van der Waals surface area contributed by atoms with E-state index in [2.05, 4.69) is 29.0 Å². The second-order valence-corrected chi connectivity index (χ2v) is 6.23. The van der Waals surface area contributed by atoms with Crippen LogP contribution in [0.15, 0.2) is 29.3 Å². The number of nitrogens with one attached hydrogen (secondary N) is 1. The molecule has 1 fully saturated rings. The average molecular weight is 448 g/mol. The monoisotopic (exact) mass is 448 g/mol. The van der Waals surface area contributed by atoms with Crippen molar-refractivity contribution in [3.63, 3.8) is 0 Å². The molecule has 0 aromatic heterocycles. The Morgan fingerprint density at radius 1 is 1.33 bits per heavy atom. The van der Waals surface area contributed by atoms with Gasteiger partial charge in [0.2, 0.25) is 0 Å². The Labute approximate surface area is 162 Å². The third-order valence-corrected chi connectivity index (χ3v) is 4.35. The van der Waals surface area contributed by atoms with Crippen molar-refractivity contribution in [2.75, 3.05) is 39.8 Å². The average Bonchev–Trinajstić information content (AvgIpc) is 3.01. The largest absolute Gasteiger partial charge is 0.357 e. The maximum atomic E-state index is 13.0. The van der Waals surface area contributed by atoms with Crippen LogP contribution in [0.1, 0.15) is 25.8 Å². The molecule has 1 atom stereocenters. The van der Waals surface area contributed by atoms with E-state index in [1.165, 1.54) is 25.1 Å². The van der Waals surface area contributed by atoms with Crippen LogP contribution in [0.25, 0.3) is 0 Å². The summed E-state index contributed by atoms with van der Waals surface area (Å²) in [7, 11) is 2.03. The fraction of sp³-hybridized carbons (Fsp3) is 0.611. The molecule has 1 aliphatic rings. The Morgan fingerprint density at radius 3 is 2.62 bits per heavy atom. The van der Waals surface area contributed by atoms with E-state index in [1.807, 2.05) is 19.2 Å². The summed E-state index contributed by atoms with van der Waals surface area (Å²) in [5.41, 5.74) is 1.08. The normalized spacial score (nSPS) is 18.3. The van der Waals surface area contributed by atoms with E-state index in [4.69, 9.17) is 4.99 Å². The van der Waals surface area contributed by atoms with Gasteiger partial charge in [0.25, 0.3) is 0 Å². The van der Waals surface area contributed by atoms with E-state index >= 15 is 0 Å². The first-order chi connectivity index (χ1) is 11.1. The molecule has 6 heteroatoms. The van der Waals surface area contributed by atoms with E-state index in [0.717, 1.165) is 44.2 Å². The Balaban J connectivity index is 0.00000288. The molecule has 1 saturated heterocycles. The molecule has 0 bridgehead atoms. The molecule has 1 aromatic rings. The molecule has 1 N–H and O–H groups in total. The highest BCUT2D eigenvalue weighted by Crippen LogP contribution is 2.16. The second-order valence-electron chi connectivity index (χ2n) is 6.23. The first kappa shape index (κ1) is 21.2. The zero-order valence-electron chi connectivity index (χ0n) is 15.0. The zero-order chi connectivity index (χ0) is 16.7. The minimum atomic E-state index is -0.196. The van der Waals surface area contributed by atoms with Crippen LogP contribution in [-0.4, -0.2) is 55.5 Å². The third-order valence-electron chi connectivity index (χ3n) is 4.35. The van der Waals surface area contributed by atoms with Crippen LogP contribution < -0.4 is 5.32 Å². The lowest BCUT2D eigenvalue weighted by Crippen LogP contribution is -2.39. The smallest absolute Gasteiger partial charge is 0.193 e. The predicted molar refractivity (Wildman–Crippen MR) is 109 cm³/mol. The number of halogens is 2. The SMILES string of the molecule is CCNC(=NCC1CCN(CC)C1)N(C)Cc1ccc(F)cc1.I. The summed E-state index contributed by atoms with van der Waals surface area (Å²) in [4.78, 5) is 9.39. The number of hydrogen-bond acceptors (Lipinski definition) is 2. The highest BCUT2D eigenvalue weighted by atomic mass is 127. The summed E-state index contributed by atoms with van der Waals surface area (Å²) in [5, 5.41) is 3.35. The van der Waals surface area contributed by atoms with Gasteiger partial charge in [0.15, 0.2) is 5.96 Å². The van der Waals surface area contributed by atoms with Crippen molar-refractivity contribution in [3.05, 3.63) is 35.6 Å². The van der Waals surface area contributed by atoms with Crippen molar-refractivity contribution in [3.8, 4) is 0 Å². The Hall–Kier alpha value is -0.890. The van der Waals surface area contributed by atoms with Gasteiger partial charge in [-0.15, -0.1) is 24.0 Å². The van der Waals surface area contributed by atoms with Crippen LogP contribution in [0.4, 0.5) is 4.39 Å². The number of nitrogens with zero attached hydrogens (tertiary/aromatic N) is 3. The summed E-state index contributed by atoms with van der Waals surface area (Å²) >= 11 is 0. The lowest BCUT2D eigenvalue weighted by Gasteiger charge is -2.22. The summed E-state index contributed by atoms with van der Waals surface area (Å²) in [6.07, 6.45) is 1.23. The molecule has 1 unspecified atom stereocenters. The summed E-state index contributed by atoms with van der Waals surface area (Å²) in [5.74, 6) is 1.38. The molecule has 0 saturated carbocycles. The lowest BCUT2D eigenvalue weighted by atomic mass is 10.1. The van der Waals surface area contributed by atoms with Crippen molar-refractivity contribution in [2.24, 2.45) is 10.9 Å². The van der Waals surface area contributed by atoms with Crippen molar-refractivity contribution < 1.29 is 4.39 Å². The molecule has 0 amide bonds. The summed E-state index contributed by atoms with van der Waals surface area (Å²) < 4.78 is 13.0. The Bertz CT molecular complexity index is 506. The molecule has 1 aliphatic heterocycles. The maximum Gasteiger partial charge on any atom is 0.193 e. The quantitative estimate of drug-likeness (QED) is 0.412. The molecule has 136 valence electrons. The molecule has 2 rings (SSSR count). The van der Waals surface area contributed by atoms with Gasteiger partial charge in [-0.1, -0.05) is 19.1 Å². The van der Waals surface area contributed by atoms with Crippen LogP contribution in [-0.2, 0) is 6.54 Å². The van der Waals surface area contributed by atoms with Gasteiger partial charge in [-0.2, -0.15) is 0 Å². The molecular weight excluding hydrogens is 418 g/mol. The van der Waals surface area contributed by atoms with Crippen LogP contribution in [0, 0.1) is 11.7 Å². The number of benzene rings is 1. The number of rotatable bonds is 6. The lowest BCUT2D eigenvalue weighted by molar-refractivity contribution is 0.343. The summed E-state index contributed by atoms with van der Waals surface area (Å²) in [6.45, 7) is 10.2. The van der Waals surface area contributed by atoms with Crippen LogP contribution in [0.5, 0.6) is 0 Å². The van der Waals surface area contributed by atoms with E-state index in [0.29, 0.717) is 5.92 Å². The standard InChI is InChI=1S/C18H29FN4.HI/c1-4-20-18(21-12-16-10-11-23(5-2)14-16)22(3)13-15-6-8-17(19)9-7-15;/h6-9,16H,4-5,10-14H2,1-3H3,(H,20,21);1H. The van der Waals surface area contributed by atoms with Crippen LogP contribution in [0.2, 0.25) is 0 Å². The van der Waals surface area contributed by atoms with Crippen LogP contribution in [0.3, 0.4) is 0 Å². The van der Waals surface area contributed by atoms with Gasteiger partial charge >= 0.3 is 0 Å². The van der Waals surface area contributed by atoms with Gasteiger partial charge in [0.05, 0.1) is 0 Å². The number of hydrogen-bond donors (Lipinski definition) is 1. The highest BCUT2D eigenvalue weighted by Gasteiger charge is 2.21. The van der Waals surface area contributed by atoms with E-state index in [9.17, 15) is 4.39 Å². The minimum absolute atomic E-state index is 0. The second kappa shape index (κ2) is 10.9. The maximum absolute atomic E-state index is 13.0. The Kier molecular flexibility index (Phi) is 9.58. The van der Waals surface area contributed by atoms with Crippen LogP contribution >= 0.6 is 24.0 Å². The molecule has 0 spiro atoms. The number of likely N-dealkylation sites (tertiary alicyclic amines) is 1. The summed E-state index contributed by atoms with van der Waals surface area (Å²) in [6, 6.07) is 6.66. The Morgan fingerprint density at radius 2 is 2.04 bits per heavy atom. The molecule has 0 aliphatic carbocycles. The first-order valence-corrected chi connectivity index (χ1v) is 8.58. The molecule has 0 radical (unpaired) electrons. The zero-order valence-corrected chi connectivity index (χ0v) is 17.3. The van der Waals surface area contributed by atoms with Gasteiger partial charge < -0.3 is 15.1 Å². The van der Waals surface area contributed by atoms with Crippen molar-refractivity contribution in [2.45, 2.75) is 26.8 Å². The first-order valence-electron chi connectivity index (χ1n) is 8.58. The fourth-order valence-electron chi connectivity index (χ4n) is 2.97. The minimum Gasteiger partial charge on any atom is -0.357 e. The van der Waals surface area contributed by atoms with Crippen molar-refractivity contribution in [1.29, 1.82) is 0 Å². The van der Waals surface area contributed by atoms with Gasteiger partial charge in [0.1, 0.15) is 5.82 Å². The molecule has 1 heterocycles. The van der Waals surface area contributed by atoms with E-state index in [1.54, 1.807) is 0 Å². The molecule has 4 nitrogen and oxygen atoms in total. The molecular formula is C18H30FIN4. The van der Waals surface area contributed by atoms with Gasteiger partial charge in [-0.05, 0) is 50.0 Å².